The standard InChI is InChI=1S/C9H14N4O4/c1-4-12(6-8(14)17-3)9-7(13(15)16)5-11(2)10-9/h5H,4,6H2,1-3H3. The van der Waals surface area contributed by atoms with Crippen LogP contribution in [-0.2, 0) is 16.6 Å². The predicted molar refractivity (Wildman–Crippen MR) is 59.8 cm³/mol. The van der Waals surface area contributed by atoms with E-state index in [4.69, 9.17) is 0 Å². The molecule has 0 bridgehead atoms. The summed E-state index contributed by atoms with van der Waals surface area (Å²) < 4.78 is 5.87. The number of aryl methyl sites for hydroxylation is 1. The van der Waals surface area contributed by atoms with Gasteiger partial charge in [-0.3, -0.25) is 19.6 Å². The molecular formula is C9H14N4O4. The third kappa shape index (κ3) is 2.92. The van der Waals surface area contributed by atoms with Crippen LogP contribution in [0.2, 0.25) is 0 Å². The van der Waals surface area contributed by atoms with Crippen molar-refractivity contribution in [2.45, 2.75) is 6.92 Å². The molecule has 1 aromatic heterocycles. The number of likely N-dealkylation sites (N-methyl/N-ethyl adjacent to an activating group) is 1. The summed E-state index contributed by atoms with van der Waals surface area (Å²) in [5.41, 5.74) is -0.127. The highest BCUT2D eigenvalue weighted by Gasteiger charge is 2.24. The minimum Gasteiger partial charge on any atom is -0.468 e. The van der Waals surface area contributed by atoms with E-state index in [0.29, 0.717) is 6.54 Å². The first-order valence-corrected chi connectivity index (χ1v) is 4.99. The highest BCUT2D eigenvalue weighted by atomic mass is 16.6. The van der Waals surface area contributed by atoms with Gasteiger partial charge in [-0.15, -0.1) is 5.10 Å². The number of nitro groups is 1. The second-order valence-electron chi connectivity index (χ2n) is 3.36. The van der Waals surface area contributed by atoms with Crippen LogP contribution in [0.25, 0.3) is 0 Å². The molecule has 0 amide bonds. The lowest BCUT2D eigenvalue weighted by molar-refractivity contribution is -0.384. The van der Waals surface area contributed by atoms with Gasteiger partial charge in [0.25, 0.3) is 0 Å². The Morgan fingerprint density at radius 1 is 1.71 bits per heavy atom. The summed E-state index contributed by atoms with van der Waals surface area (Å²) in [6.07, 6.45) is 1.30. The molecule has 8 heteroatoms. The summed E-state index contributed by atoms with van der Waals surface area (Å²) in [4.78, 5) is 23.0. The summed E-state index contributed by atoms with van der Waals surface area (Å²) in [5.74, 6) is -0.294. The number of ether oxygens (including phenoxy) is 1. The Bertz CT molecular complexity index is 429. The van der Waals surface area contributed by atoms with Crippen molar-refractivity contribution in [2.75, 3.05) is 25.1 Å². The van der Waals surface area contributed by atoms with E-state index >= 15 is 0 Å². The maximum atomic E-state index is 11.2. The molecule has 0 radical (unpaired) electrons. The molecule has 0 spiro atoms. The number of hydrogen-bond acceptors (Lipinski definition) is 6. The largest absolute Gasteiger partial charge is 0.468 e. The van der Waals surface area contributed by atoms with Crippen molar-refractivity contribution in [2.24, 2.45) is 7.05 Å². The number of methoxy groups -OCH3 is 1. The molecule has 94 valence electrons. The fourth-order valence-corrected chi connectivity index (χ4v) is 1.38. The van der Waals surface area contributed by atoms with Gasteiger partial charge >= 0.3 is 11.7 Å². The van der Waals surface area contributed by atoms with E-state index in [-0.39, 0.29) is 18.1 Å². The van der Waals surface area contributed by atoms with Gasteiger partial charge in [0.05, 0.1) is 12.0 Å². The van der Waals surface area contributed by atoms with E-state index in [1.165, 1.54) is 22.9 Å². The fraction of sp³-hybridized carbons (Fsp3) is 0.556. The van der Waals surface area contributed by atoms with Crippen LogP contribution < -0.4 is 4.90 Å². The van der Waals surface area contributed by atoms with Gasteiger partial charge in [0, 0.05) is 13.6 Å². The highest BCUT2D eigenvalue weighted by molar-refractivity contribution is 5.76. The van der Waals surface area contributed by atoms with Gasteiger partial charge in [-0.25, -0.2) is 0 Å². The van der Waals surface area contributed by atoms with E-state index in [2.05, 4.69) is 9.84 Å². The topological polar surface area (TPSA) is 90.5 Å². The van der Waals surface area contributed by atoms with E-state index in [0.717, 1.165) is 0 Å². The number of nitrogens with zero attached hydrogens (tertiary/aromatic N) is 4. The van der Waals surface area contributed by atoms with Gasteiger partial charge in [0.1, 0.15) is 12.7 Å². The summed E-state index contributed by atoms with van der Waals surface area (Å²) in [7, 11) is 2.85. The summed E-state index contributed by atoms with van der Waals surface area (Å²) >= 11 is 0. The summed E-state index contributed by atoms with van der Waals surface area (Å²) in [6.45, 7) is 2.14. The Labute approximate surface area is 97.9 Å². The van der Waals surface area contributed by atoms with Crippen LogP contribution in [0.5, 0.6) is 0 Å². The Hall–Kier alpha value is -2.12. The molecule has 0 aliphatic heterocycles. The first-order valence-electron chi connectivity index (χ1n) is 4.99. The lowest BCUT2D eigenvalue weighted by Gasteiger charge is -2.17. The van der Waals surface area contributed by atoms with Gasteiger partial charge in [-0.1, -0.05) is 0 Å². The first-order chi connectivity index (χ1) is 7.99. The molecule has 1 aromatic rings. The Balaban J connectivity index is 3.02. The van der Waals surface area contributed by atoms with Crippen LogP contribution >= 0.6 is 0 Å². The first kappa shape index (κ1) is 12.9. The van der Waals surface area contributed by atoms with Gasteiger partial charge in [-0.2, -0.15) is 0 Å². The average molecular weight is 242 g/mol. The van der Waals surface area contributed by atoms with Gasteiger partial charge in [0.15, 0.2) is 0 Å². The van der Waals surface area contributed by atoms with Crippen LogP contribution in [0.1, 0.15) is 6.92 Å². The molecule has 0 N–H and O–H groups in total. The van der Waals surface area contributed by atoms with Crippen molar-refractivity contribution in [1.82, 2.24) is 9.78 Å². The Morgan fingerprint density at radius 3 is 2.82 bits per heavy atom. The molecule has 1 heterocycles. The van der Waals surface area contributed by atoms with Gasteiger partial charge in [0.2, 0.25) is 5.82 Å². The molecule has 17 heavy (non-hydrogen) atoms. The lowest BCUT2D eigenvalue weighted by atomic mass is 10.4. The zero-order chi connectivity index (χ0) is 13.0. The number of carbonyl (C=O) groups is 1. The van der Waals surface area contributed by atoms with Crippen LogP contribution in [0, 0.1) is 10.1 Å². The van der Waals surface area contributed by atoms with Gasteiger partial charge < -0.3 is 9.64 Å². The smallest absolute Gasteiger partial charge is 0.330 e. The molecule has 8 nitrogen and oxygen atoms in total. The zero-order valence-electron chi connectivity index (χ0n) is 9.91. The molecule has 0 fully saturated rings. The number of rotatable bonds is 5. The second kappa shape index (κ2) is 5.28. The number of esters is 1. The molecular weight excluding hydrogens is 228 g/mol. The van der Waals surface area contributed by atoms with Crippen molar-refractivity contribution in [3.05, 3.63) is 16.3 Å². The minimum atomic E-state index is -0.526. The van der Waals surface area contributed by atoms with Crippen LogP contribution in [0.3, 0.4) is 0 Å². The molecule has 0 unspecified atom stereocenters. The van der Waals surface area contributed by atoms with Crippen molar-refractivity contribution in [3.63, 3.8) is 0 Å². The molecule has 0 aliphatic rings. The second-order valence-corrected chi connectivity index (χ2v) is 3.36. The highest BCUT2D eigenvalue weighted by Crippen LogP contribution is 2.25. The fourth-order valence-electron chi connectivity index (χ4n) is 1.38. The van der Waals surface area contributed by atoms with Gasteiger partial charge in [-0.05, 0) is 6.92 Å². The molecule has 0 aromatic carbocycles. The quantitative estimate of drug-likeness (QED) is 0.420. The Kier molecular flexibility index (Phi) is 4.02. The maximum absolute atomic E-state index is 11.2. The van der Waals surface area contributed by atoms with Crippen molar-refractivity contribution < 1.29 is 14.5 Å². The normalized spacial score (nSPS) is 10.1. The molecule has 0 aliphatic carbocycles. The number of aromatic nitrogens is 2. The third-order valence-electron chi connectivity index (χ3n) is 2.22. The lowest BCUT2D eigenvalue weighted by Crippen LogP contribution is -2.31. The van der Waals surface area contributed by atoms with Crippen LogP contribution in [0.15, 0.2) is 6.20 Å². The van der Waals surface area contributed by atoms with Crippen LogP contribution in [0.4, 0.5) is 11.5 Å². The molecule has 0 atom stereocenters. The van der Waals surface area contributed by atoms with E-state index in [1.54, 1.807) is 14.0 Å². The number of carbonyl (C=O) groups excluding carboxylic acids is 1. The predicted octanol–water partition coefficient (Wildman–Crippen LogP) is 0.328. The molecule has 1 rings (SSSR count). The third-order valence-corrected chi connectivity index (χ3v) is 2.22. The van der Waals surface area contributed by atoms with Crippen molar-refractivity contribution in [3.8, 4) is 0 Å². The monoisotopic (exact) mass is 242 g/mol. The summed E-state index contributed by atoms with van der Waals surface area (Å²) in [5, 5.41) is 14.8. The minimum absolute atomic E-state index is 0.0646. The van der Waals surface area contributed by atoms with Crippen molar-refractivity contribution >= 4 is 17.5 Å². The Morgan fingerprint density at radius 2 is 2.35 bits per heavy atom. The number of hydrogen-bond donors (Lipinski definition) is 0. The molecule has 0 saturated heterocycles. The average Bonchev–Trinajstić information content (AvgIpc) is 2.67. The van der Waals surface area contributed by atoms with E-state index in [1.807, 2.05) is 0 Å². The number of anilines is 1. The van der Waals surface area contributed by atoms with E-state index in [9.17, 15) is 14.9 Å². The van der Waals surface area contributed by atoms with Crippen molar-refractivity contribution in [1.29, 1.82) is 0 Å². The molecule has 0 saturated carbocycles. The van der Waals surface area contributed by atoms with E-state index < -0.39 is 10.9 Å². The summed E-state index contributed by atoms with van der Waals surface area (Å²) in [6, 6.07) is 0. The van der Waals surface area contributed by atoms with Crippen LogP contribution in [-0.4, -0.2) is 40.9 Å². The maximum Gasteiger partial charge on any atom is 0.330 e. The SMILES string of the molecule is CCN(CC(=O)OC)c1nn(C)cc1[N+](=O)[O-]. The zero-order valence-corrected chi connectivity index (χ0v) is 9.91.